The Labute approximate surface area is 118 Å². The van der Waals surface area contributed by atoms with Gasteiger partial charge in [0.25, 0.3) is 0 Å². The molecule has 1 aromatic carbocycles. The van der Waals surface area contributed by atoms with Gasteiger partial charge in [0.05, 0.1) is 36.4 Å². The molecule has 7 nitrogen and oxygen atoms in total. The van der Waals surface area contributed by atoms with Gasteiger partial charge in [-0.15, -0.1) is 0 Å². The molecule has 0 heterocycles. The monoisotopic (exact) mass is 304 g/mol. The second kappa shape index (κ2) is 6.40. The summed E-state index contributed by atoms with van der Waals surface area (Å²) in [6.45, 7) is 0.646. The number of anilines is 1. The molecule has 0 unspecified atom stereocenters. The maximum absolute atomic E-state index is 12.2. The predicted molar refractivity (Wildman–Crippen MR) is 74.9 cm³/mol. The van der Waals surface area contributed by atoms with Crippen molar-refractivity contribution < 1.29 is 23.4 Å². The molecule has 20 heavy (non-hydrogen) atoms. The molecule has 5 N–H and O–H groups in total. The molecule has 0 fully saturated rings. The van der Waals surface area contributed by atoms with Crippen LogP contribution in [0.15, 0.2) is 23.1 Å². The number of rotatable bonds is 7. The number of hydrogen-bond donors (Lipinski definition) is 4. The number of nitrogens with one attached hydrogen (secondary N) is 1. The van der Waals surface area contributed by atoms with Crippen molar-refractivity contribution in [2.75, 3.05) is 26.1 Å². The van der Waals surface area contributed by atoms with Gasteiger partial charge in [0.1, 0.15) is 5.75 Å². The molecule has 0 saturated heterocycles. The number of nitrogen functional groups attached to an aromatic ring is 1. The van der Waals surface area contributed by atoms with Crippen LogP contribution in [0.2, 0.25) is 0 Å². The second-order valence-corrected chi connectivity index (χ2v) is 6.14. The Hall–Kier alpha value is -1.35. The first-order chi connectivity index (χ1) is 9.34. The normalized spacial score (nSPS) is 12.4. The molecular formula is C12H20N2O5S. The number of sulfonamides is 1. The van der Waals surface area contributed by atoms with Crippen molar-refractivity contribution in [1.82, 2.24) is 4.72 Å². The topological polar surface area (TPSA) is 122 Å². The van der Waals surface area contributed by atoms with Crippen LogP contribution in [0.4, 0.5) is 5.69 Å². The largest absolute Gasteiger partial charge is 0.495 e. The van der Waals surface area contributed by atoms with Crippen LogP contribution in [-0.2, 0) is 10.0 Å². The summed E-state index contributed by atoms with van der Waals surface area (Å²) in [6.07, 6.45) is 0.241. The van der Waals surface area contributed by atoms with Gasteiger partial charge in [-0.3, -0.25) is 0 Å². The Morgan fingerprint density at radius 1 is 1.35 bits per heavy atom. The number of benzene rings is 1. The highest BCUT2D eigenvalue weighted by Crippen LogP contribution is 2.25. The summed E-state index contributed by atoms with van der Waals surface area (Å²) in [6, 6.07) is 4.04. The third kappa shape index (κ3) is 3.40. The van der Waals surface area contributed by atoms with E-state index in [1.165, 1.54) is 25.3 Å². The summed E-state index contributed by atoms with van der Waals surface area (Å²) in [4.78, 5) is -0.0597. The van der Waals surface area contributed by atoms with Gasteiger partial charge in [0.2, 0.25) is 10.0 Å². The van der Waals surface area contributed by atoms with Crippen LogP contribution in [0.3, 0.4) is 0 Å². The van der Waals surface area contributed by atoms with E-state index in [0.29, 0.717) is 5.75 Å². The first-order valence-electron chi connectivity index (χ1n) is 6.03. The van der Waals surface area contributed by atoms with Crippen LogP contribution in [0.25, 0.3) is 0 Å². The standard InChI is InChI=1S/C12H20N2O5S/c1-3-12(7-15,8-16)14-20(17,18)9-4-5-11(19-2)10(13)6-9/h4-6,14-16H,3,7-8,13H2,1-2H3. The zero-order chi connectivity index (χ0) is 15.4. The average Bonchev–Trinajstić information content (AvgIpc) is 2.44. The summed E-state index contributed by atoms with van der Waals surface area (Å²) in [5.41, 5.74) is 4.56. The number of nitrogens with two attached hydrogens (primary N) is 1. The van der Waals surface area contributed by atoms with E-state index in [4.69, 9.17) is 10.5 Å². The molecule has 0 aliphatic rings. The Balaban J connectivity index is 3.14. The Morgan fingerprint density at radius 3 is 2.35 bits per heavy atom. The average molecular weight is 304 g/mol. The fourth-order valence-corrected chi connectivity index (χ4v) is 3.12. The van der Waals surface area contributed by atoms with Crippen LogP contribution >= 0.6 is 0 Å². The SMILES string of the molecule is CCC(CO)(CO)NS(=O)(=O)c1ccc(OC)c(N)c1. The minimum absolute atomic E-state index is 0.0597. The van der Waals surface area contributed by atoms with Crippen molar-refractivity contribution in [2.24, 2.45) is 0 Å². The molecule has 0 radical (unpaired) electrons. The second-order valence-electron chi connectivity index (χ2n) is 4.46. The molecule has 0 saturated carbocycles. The van der Waals surface area contributed by atoms with Gasteiger partial charge in [-0.05, 0) is 24.6 Å². The van der Waals surface area contributed by atoms with Gasteiger partial charge in [0.15, 0.2) is 0 Å². The lowest BCUT2D eigenvalue weighted by Crippen LogP contribution is -2.53. The molecule has 0 spiro atoms. The van der Waals surface area contributed by atoms with E-state index in [-0.39, 0.29) is 17.0 Å². The highest BCUT2D eigenvalue weighted by atomic mass is 32.2. The number of aliphatic hydroxyl groups is 2. The number of hydrogen-bond acceptors (Lipinski definition) is 6. The molecule has 0 aliphatic heterocycles. The van der Waals surface area contributed by atoms with E-state index in [2.05, 4.69) is 4.72 Å². The minimum Gasteiger partial charge on any atom is -0.495 e. The first-order valence-corrected chi connectivity index (χ1v) is 7.51. The fourth-order valence-electron chi connectivity index (χ4n) is 1.63. The van der Waals surface area contributed by atoms with Crippen LogP contribution in [0, 0.1) is 0 Å². The highest BCUT2D eigenvalue weighted by molar-refractivity contribution is 7.89. The maximum atomic E-state index is 12.2. The van der Waals surface area contributed by atoms with Gasteiger partial charge < -0.3 is 20.7 Å². The summed E-state index contributed by atoms with van der Waals surface area (Å²) in [7, 11) is -2.48. The van der Waals surface area contributed by atoms with E-state index in [0.717, 1.165) is 0 Å². The van der Waals surface area contributed by atoms with Gasteiger partial charge in [0, 0.05) is 0 Å². The molecule has 0 amide bonds. The third-order valence-corrected chi connectivity index (χ3v) is 4.72. The van der Waals surface area contributed by atoms with E-state index < -0.39 is 28.8 Å². The van der Waals surface area contributed by atoms with Crippen molar-refractivity contribution in [1.29, 1.82) is 0 Å². The van der Waals surface area contributed by atoms with Crippen molar-refractivity contribution >= 4 is 15.7 Å². The zero-order valence-corrected chi connectivity index (χ0v) is 12.3. The van der Waals surface area contributed by atoms with Gasteiger partial charge in [-0.1, -0.05) is 6.92 Å². The zero-order valence-electron chi connectivity index (χ0n) is 11.5. The molecular weight excluding hydrogens is 284 g/mol. The Morgan fingerprint density at radius 2 is 1.95 bits per heavy atom. The lowest BCUT2D eigenvalue weighted by atomic mass is 10.0. The van der Waals surface area contributed by atoms with E-state index in [1.807, 2.05) is 0 Å². The molecule has 0 aliphatic carbocycles. The lowest BCUT2D eigenvalue weighted by Gasteiger charge is -2.29. The van der Waals surface area contributed by atoms with Crippen molar-refractivity contribution in [3.05, 3.63) is 18.2 Å². The summed E-state index contributed by atoms with van der Waals surface area (Å²) < 4.78 is 31.8. The smallest absolute Gasteiger partial charge is 0.241 e. The number of aliphatic hydroxyl groups excluding tert-OH is 2. The molecule has 1 aromatic rings. The van der Waals surface area contributed by atoms with Gasteiger partial charge in [-0.2, -0.15) is 0 Å². The third-order valence-electron chi connectivity index (χ3n) is 3.14. The van der Waals surface area contributed by atoms with Crippen LogP contribution in [0.5, 0.6) is 5.75 Å². The highest BCUT2D eigenvalue weighted by Gasteiger charge is 2.32. The maximum Gasteiger partial charge on any atom is 0.241 e. The van der Waals surface area contributed by atoms with Crippen molar-refractivity contribution in [3.8, 4) is 5.75 Å². The molecule has 1 rings (SSSR count). The van der Waals surface area contributed by atoms with Crippen LogP contribution < -0.4 is 15.2 Å². The molecule has 8 heteroatoms. The van der Waals surface area contributed by atoms with Crippen LogP contribution in [-0.4, -0.2) is 44.5 Å². The fraction of sp³-hybridized carbons (Fsp3) is 0.500. The Kier molecular flexibility index (Phi) is 5.35. The van der Waals surface area contributed by atoms with Crippen molar-refractivity contribution in [3.63, 3.8) is 0 Å². The lowest BCUT2D eigenvalue weighted by molar-refractivity contribution is 0.105. The van der Waals surface area contributed by atoms with Crippen LogP contribution in [0.1, 0.15) is 13.3 Å². The first kappa shape index (κ1) is 16.7. The summed E-state index contributed by atoms with van der Waals surface area (Å²) >= 11 is 0. The summed E-state index contributed by atoms with van der Waals surface area (Å²) in [5, 5.41) is 18.6. The number of ether oxygens (including phenoxy) is 1. The van der Waals surface area contributed by atoms with Gasteiger partial charge >= 0.3 is 0 Å². The van der Waals surface area contributed by atoms with E-state index >= 15 is 0 Å². The predicted octanol–water partition coefficient (Wildman–Crippen LogP) is -0.311. The van der Waals surface area contributed by atoms with E-state index in [9.17, 15) is 18.6 Å². The Bertz CT molecular complexity index is 547. The molecule has 0 aromatic heterocycles. The van der Waals surface area contributed by atoms with Gasteiger partial charge in [-0.25, -0.2) is 13.1 Å². The van der Waals surface area contributed by atoms with Crippen molar-refractivity contribution in [2.45, 2.75) is 23.8 Å². The number of methoxy groups -OCH3 is 1. The quantitative estimate of drug-likeness (QED) is 0.513. The summed E-state index contributed by atoms with van der Waals surface area (Å²) in [5.74, 6) is 0.370. The molecule has 0 bridgehead atoms. The molecule has 114 valence electrons. The van der Waals surface area contributed by atoms with E-state index in [1.54, 1.807) is 6.92 Å². The molecule has 0 atom stereocenters. The minimum atomic E-state index is -3.91.